The summed E-state index contributed by atoms with van der Waals surface area (Å²) >= 11 is 6.31. The van der Waals surface area contributed by atoms with Crippen LogP contribution in [0.3, 0.4) is 0 Å². The van der Waals surface area contributed by atoms with Crippen LogP contribution in [0.5, 0.6) is 0 Å². The predicted molar refractivity (Wildman–Crippen MR) is 114 cm³/mol. The van der Waals surface area contributed by atoms with Crippen molar-refractivity contribution in [1.29, 1.82) is 0 Å². The number of rotatable bonds is 3. The van der Waals surface area contributed by atoms with Crippen molar-refractivity contribution in [1.82, 2.24) is 25.3 Å². The Bertz CT molecular complexity index is 845. The van der Waals surface area contributed by atoms with Crippen LogP contribution in [-0.2, 0) is 0 Å². The Hall–Kier alpha value is -1.73. The quantitative estimate of drug-likeness (QED) is 0.755. The zero-order valence-corrected chi connectivity index (χ0v) is 18.0. The summed E-state index contributed by atoms with van der Waals surface area (Å²) in [6, 6.07) is 0.288. The van der Waals surface area contributed by atoms with Crippen molar-refractivity contribution in [2.24, 2.45) is 0 Å². The fourth-order valence-electron chi connectivity index (χ4n) is 4.96. The van der Waals surface area contributed by atoms with Crippen LogP contribution in [0.15, 0.2) is 6.33 Å². The average Bonchev–Trinajstić information content (AvgIpc) is 2.60. The van der Waals surface area contributed by atoms with Gasteiger partial charge in [-0.15, -0.1) is 0 Å². The maximum Gasteiger partial charge on any atom is 0.225 e. The van der Waals surface area contributed by atoms with Crippen LogP contribution in [0.1, 0.15) is 59.8 Å². The summed E-state index contributed by atoms with van der Waals surface area (Å²) in [5.41, 5.74) is 1.58. The van der Waals surface area contributed by atoms with Crippen LogP contribution in [0.2, 0.25) is 5.28 Å². The first-order valence-electron chi connectivity index (χ1n) is 10.2. The minimum absolute atomic E-state index is 0.0494. The van der Waals surface area contributed by atoms with Gasteiger partial charge in [0.25, 0.3) is 0 Å². The molecule has 2 N–H and O–H groups in total. The largest absolute Gasteiger partial charge is 0.365 e. The van der Waals surface area contributed by atoms with Gasteiger partial charge < -0.3 is 15.5 Å². The van der Waals surface area contributed by atoms with Gasteiger partial charge in [0.2, 0.25) is 5.28 Å². The fraction of sp³-hybridized carbons (Fsp3) is 0.700. The third-order valence-electron chi connectivity index (χ3n) is 5.62. The molecule has 2 fully saturated rings. The normalized spacial score (nSPS) is 22.4. The molecule has 0 aromatic carbocycles. The Balaban J connectivity index is 1.69. The van der Waals surface area contributed by atoms with E-state index in [9.17, 15) is 0 Å². The van der Waals surface area contributed by atoms with Crippen molar-refractivity contribution in [2.45, 2.75) is 76.9 Å². The number of piperidine rings is 2. The van der Waals surface area contributed by atoms with Crippen LogP contribution in [-0.4, -0.2) is 50.1 Å². The molecule has 0 spiro atoms. The molecular weight excluding hydrogens is 374 g/mol. The van der Waals surface area contributed by atoms with E-state index < -0.39 is 0 Å². The first kappa shape index (κ1) is 19.6. The number of hydrogen-bond acceptors (Lipinski definition) is 7. The van der Waals surface area contributed by atoms with E-state index in [4.69, 9.17) is 11.6 Å². The van der Waals surface area contributed by atoms with Gasteiger partial charge in [-0.05, 0) is 71.4 Å². The summed E-state index contributed by atoms with van der Waals surface area (Å²) in [7, 11) is 0. The zero-order valence-electron chi connectivity index (χ0n) is 17.2. The molecule has 4 rings (SSSR count). The smallest absolute Gasteiger partial charge is 0.225 e. The van der Waals surface area contributed by atoms with E-state index in [1.807, 2.05) is 0 Å². The molecule has 0 unspecified atom stereocenters. The Kier molecular flexibility index (Phi) is 5.08. The van der Waals surface area contributed by atoms with Crippen LogP contribution < -0.4 is 15.5 Å². The first-order chi connectivity index (χ1) is 13.2. The SMILES string of the molecule is CC1(C)CC(Nc2ncnc3c(N4CCCCC4)nc(Cl)nc23)CC(C)(C)N1. The Morgan fingerprint density at radius 3 is 2.36 bits per heavy atom. The average molecular weight is 404 g/mol. The molecule has 28 heavy (non-hydrogen) atoms. The summed E-state index contributed by atoms with van der Waals surface area (Å²) in [6.45, 7) is 10.9. The lowest BCUT2D eigenvalue weighted by Gasteiger charge is -2.46. The number of anilines is 2. The summed E-state index contributed by atoms with van der Waals surface area (Å²) in [6.07, 6.45) is 7.19. The van der Waals surface area contributed by atoms with E-state index in [2.05, 4.69) is 63.2 Å². The number of halogens is 1. The molecule has 2 aromatic rings. The molecule has 8 heteroatoms. The third kappa shape index (κ3) is 4.15. The number of aromatic nitrogens is 4. The summed E-state index contributed by atoms with van der Waals surface area (Å²) in [5, 5.41) is 7.60. The highest BCUT2D eigenvalue weighted by Gasteiger charge is 2.38. The molecule has 2 aliphatic heterocycles. The number of nitrogens with one attached hydrogen (secondary N) is 2. The van der Waals surface area contributed by atoms with Gasteiger partial charge in [0.15, 0.2) is 11.6 Å². The molecule has 2 aromatic heterocycles. The maximum absolute atomic E-state index is 6.31. The van der Waals surface area contributed by atoms with Crippen molar-refractivity contribution >= 4 is 34.3 Å². The van der Waals surface area contributed by atoms with Gasteiger partial charge in [-0.2, -0.15) is 4.98 Å². The van der Waals surface area contributed by atoms with E-state index in [1.165, 1.54) is 19.3 Å². The van der Waals surface area contributed by atoms with Gasteiger partial charge in [-0.1, -0.05) is 0 Å². The lowest BCUT2D eigenvalue weighted by molar-refractivity contribution is 0.170. The molecule has 0 bridgehead atoms. The van der Waals surface area contributed by atoms with Gasteiger partial charge in [0.05, 0.1) is 0 Å². The van der Waals surface area contributed by atoms with E-state index >= 15 is 0 Å². The number of fused-ring (bicyclic) bond motifs is 1. The summed E-state index contributed by atoms with van der Waals surface area (Å²) < 4.78 is 0. The molecule has 2 aliphatic rings. The van der Waals surface area contributed by atoms with E-state index in [1.54, 1.807) is 6.33 Å². The Morgan fingerprint density at radius 1 is 1.00 bits per heavy atom. The number of nitrogens with zero attached hydrogens (tertiary/aromatic N) is 5. The molecule has 0 radical (unpaired) electrons. The molecule has 0 saturated carbocycles. The lowest BCUT2D eigenvalue weighted by Crippen LogP contribution is -2.60. The van der Waals surface area contributed by atoms with E-state index in [0.29, 0.717) is 5.52 Å². The van der Waals surface area contributed by atoms with Crippen molar-refractivity contribution in [2.75, 3.05) is 23.3 Å². The van der Waals surface area contributed by atoms with Gasteiger partial charge in [0.1, 0.15) is 17.4 Å². The van der Waals surface area contributed by atoms with Crippen LogP contribution in [0, 0.1) is 0 Å². The number of hydrogen-bond donors (Lipinski definition) is 2. The summed E-state index contributed by atoms with van der Waals surface area (Å²) in [5.74, 6) is 1.57. The van der Waals surface area contributed by atoms with Crippen LogP contribution in [0.4, 0.5) is 11.6 Å². The minimum atomic E-state index is 0.0494. The summed E-state index contributed by atoms with van der Waals surface area (Å²) in [4.78, 5) is 20.3. The molecule has 2 saturated heterocycles. The third-order valence-corrected chi connectivity index (χ3v) is 5.79. The van der Waals surface area contributed by atoms with E-state index in [0.717, 1.165) is 43.1 Å². The monoisotopic (exact) mass is 403 g/mol. The van der Waals surface area contributed by atoms with Crippen molar-refractivity contribution in [3.05, 3.63) is 11.6 Å². The fourth-order valence-corrected chi connectivity index (χ4v) is 5.12. The van der Waals surface area contributed by atoms with Gasteiger partial charge in [0, 0.05) is 30.2 Å². The Labute approximate surface area is 171 Å². The van der Waals surface area contributed by atoms with Gasteiger partial charge in [-0.3, -0.25) is 0 Å². The second-order valence-corrected chi connectivity index (χ2v) is 9.76. The Morgan fingerprint density at radius 2 is 1.68 bits per heavy atom. The lowest BCUT2D eigenvalue weighted by atomic mass is 9.79. The van der Waals surface area contributed by atoms with Crippen LogP contribution >= 0.6 is 11.6 Å². The van der Waals surface area contributed by atoms with Crippen LogP contribution in [0.25, 0.3) is 11.0 Å². The molecule has 0 amide bonds. The maximum atomic E-state index is 6.31. The molecule has 152 valence electrons. The zero-order chi connectivity index (χ0) is 19.9. The first-order valence-corrected chi connectivity index (χ1v) is 10.6. The second-order valence-electron chi connectivity index (χ2n) is 9.43. The van der Waals surface area contributed by atoms with Gasteiger partial charge in [-0.25, -0.2) is 15.0 Å². The molecule has 0 atom stereocenters. The van der Waals surface area contributed by atoms with Crippen molar-refractivity contribution in [3.8, 4) is 0 Å². The molecular formula is C20H30ClN7. The van der Waals surface area contributed by atoms with Gasteiger partial charge >= 0.3 is 0 Å². The highest BCUT2D eigenvalue weighted by molar-refractivity contribution is 6.29. The topological polar surface area (TPSA) is 78.9 Å². The standard InChI is InChI=1S/C20H30ClN7/c1-19(2)10-13(11-20(3,4)27-19)24-16-14-15(22-12-23-16)17(26-18(21)25-14)28-8-6-5-7-9-28/h12-13,27H,5-11H2,1-4H3,(H,22,23,24). The minimum Gasteiger partial charge on any atom is -0.365 e. The molecule has 0 aliphatic carbocycles. The van der Waals surface area contributed by atoms with E-state index in [-0.39, 0.29) is 22.4 Å². The highest BCUT2D eigenvalue weighted by Crippen LogP contribution is 2.33. The second kappa shape index (κ2) is 7.26. The predicted octanol–water partition coefficient (Wildman–Crippen LogP) is 3.78. The molecule has 4 heterocycles. The van der Waals surface area contributed by atoms with Crippen molar-refractivity contribution < 1.29 is 0 Å². The van der Waals surface area contributed by atoms with Crippen molar-refractivity contribution in [3.63, 3.8) is 0 Å². The molecule has 7 nitrogen and oxygen atoms in total. The highest BCUT2D eigenvalue weighted by atomic mass is 35.5.